The molecule has 1 amide bonds. The lowest BCUT2D eigenvalue weighted by molar-refractivity contribution is -0.268. The largest absolute Gasteiger partial charge is 0.481 e. The molecule has 3 aromatic rings. The molecule has 1 saturated heterocycles. The first-order valence-corrected chi connectivity index (χ1v) is 14.3. The summed E-state index contributed by atoms with van der Waals surface area (Å²) in [6.07, 6.45) is -0.822. The molecule has 216 valence electrons. The Morgan fingerprint density at radius 1 is 0.854 bits per heavy atom. The smallest absolute Gasteiger partial charge is 0.335 e. The second-order valence-corrected chi connectivity index (χ2v) is 11.0. The molecule has 4 unspecified atom stereocenters. The van der Waals surface area contributed by atoms with Crippen molar-refractivity contribution in [3.8, 4) is 0 Å². The Balaban J connectivity index is 1.48. The predicted molar refractivity (Wildman–Crippen MR) is 154 cm³/mol. The van der Waals surface area contributed by atoms with Gasteiger partial charge in [0.15, 0.2) is 6.29 Å². The average Bonchev–Trinajstić information content (AvgIpc) is 2.97. The van der Waals surface area contributed by atoms with Crippen LogP contribution in [0.25, 0.3) is 0 Å². The molecular formula is C31H33NO8S. The number of aromatic carboxylic acids is 1. The van der Waals surface area contributed by atoms with Crippen LogP contribution in [-0.2, 0) is 25.7 Å². The highest BCUT2D eigenvalue weighted by atomic mass is 32.2. The van der Waals surface area contributed by atoms with Gasteiger partial charge in [-0.15, -0.1) is 11.8 Å². The normalized spacial score (nSPS) is 20.3. The van der Waals surface area contributed by atoms with E-state index in [-0.39, 0.29) is 55.5 Å². The van der Waals surface area contributed by atoms with Crippen molar-refractivity contribution in [1.29, 1.82) is 0 Å². The Kier molecular flexibility index (Phi) is 10.5. The van der Waals surface area contributed by atoms with Crippen LogP contribution < -0.4 is 5.32 Å². The van der Waals surface area contributed by atoms with Crippen LogP contribution in [0, 0.1) is 5.92 Å². The number of carbonyl (C=O) groups is 3. The number of ether oxygens (including phenoxy) is 2. The van der Waals surface area contributed by atoms with E-state index in [0.29, 0.717) is 11.4 Å². The maximum atomic E-state index is 12.1. The lowest BCUT2D eigenvalue weighted by atomic mass is 9.91. The number of carboxylic acid groups (broad SMARTS) is 2. The van der Waals surface area contributed by atoms with Gasteiger partial charge < -0.3 is 30.1 Å². The molecule has 4 atom stereocenters. The van der Waals surface area contributed by atoms with Crippen LogP contribution in [0.4, 0.5) is 5.69 Å². The van der Waals surface area contributed by atoms with Crippen molar-refractivity contribution in [2.24, 2.45) is 5.92 Å². The zero-order valence-corrected chi connectivity index (χ0v) is 23.4. The number of amides is 1. The summed E-state index contributed by atoms with van der Waals surface area (Å²) in [7, 11) is 0. The van der Waals surface area contributed by atoms with Crippen LogP contribution in [0.15, 0.2) is 77.7 Å². The first kappa shape index (κ1) is 30.3. The van der Waals surface area contributed by atoms with Crippen molar-refractivity contribution >= 4 is 35.3 Å². The van der Waals surface area contributed by atoms with Crippen LogP contribution in [0.2, 0.25) is 0 Å². The number of carboxylic acids is 2. The lowest BCUT2D eigenvalue weighted by Crippen LogP contribution is -2.38. The number of aliphatic hydroxyl groups is 1. The molecule has 9 nitrogen and oxygen atoms in total. The van der Waals surface area contributed by atoms with Crippen LogP contribution in [0.5, 0.6) is 0 Å². The molecule has 1 heterocycles. The molecular weight excluding hydrogens is 546 g/mol. The summed E-state index contributed by atoms with van der Waals surface area (Å²) in [5.74, 6) is -1.55. The summed E-state index contributed by atoms with van der Waals surface area (Å²) >= 11 is 1.58. The molecule has 1 aliphatic rings. The van der Waals surface area contributed by atoms with Crippen molar-refractivity contribution in [2.45, 2.75) is 56.2 Å². The quantitative estimate of drug-likeness (QED) is 0.200. The van der Waals surface area contributed by atoms with Crippen LogP contribution in [0.1, 0.15) is 65.6 Å². The fourth-order valence-electron chi connectivity index (χ4n) is 4.53. The third-order valence-electron chi connectivity index (χ3n) is 6.90. The highest BCUT2D eigenvalue weighted by molar-refractivity contribution is 7.99. The van der Waals surface area contributed by atoms with E-state index < -0.39 is 18.2 Å². The zero-order chi connectivity index (χ0) is 29.4. The molecule has 4 rings (SSSR count). The van der Waals surface area contributed by atoms with Crippen molar-refractivity contribution in [3.63, 3.8) is 0 Å². The second kappa shape index (κ2) is 14.3. The van der Waals surface area contributed by atoms with Gasteiger partial charge in [0.25, 0.3) is 0 Å². The summed E-state index contributed by atoms with van der Waals surface area (Å²) in [6, 6.07) is 21.6. The Morgan fingerprint density at radius 2 is 1.51 bits per heavy atom. The van der Waals surface area contributed by atoms with Gasteiger partial charge in [-0.3, -0.25) is 9.59 Å². The number of aliphatic hydroxyl groups excluding tert-OH is 1. The fourth-order valence-corrected chi connectivity index (χ4v) is 5.60. The minimum absolute atomic E-state index is 0.0126. The van der Waals surface area contributed by atoms with E-state index in [1.165, 1.54) is 0 Å². The van der Waals surface area contributed by atoms with Crippen molar-refractivity contribution in [2.75, 3.05) is 11.1 Å². The molecule has 0 saturated carbocycles. The highest BCUT2D eigenvalue weighted by Crippen LogP contribution is 2.43. The molecule has 0 radical (unpaired) electrons. The van der Waals surface area contributed by atoms with E-state index in [2.05, 4.69) is 12.2 Å². The highest BCUT2D eigenvalue weighted by Gasteiger charge is 2.38. The number of nitrogens with one attached hydrogen (secondary N) is 1. The molecule has 0 aliphatic carbocycles. The first-order chi connectivity index (χ1) is 19.7. The molecule has 0 bridgehead atoms. The lowest BCUT2D eigenvalue weighted by Gasteiger charge is -2.41. The Morgan fingerprint density at radius 3 is 2.12 bits per heavy atom. The topological polar surface area (TPSA) is 142 Å². The average molecular weight is 580 g/mol. The van der Waals surface area contributed by atoms with Gasteiger partial charge in [-0.1, -0.05) is 43.3 Å². The summed E-state index contributed by atoms with van der Waals surface area (Å²) in [5, 5.41) is 30.2. The molecule has 4 N–H and O–H groups in total. The zero-order valence-electron chi connectivity index (χ0n) is 22.6. The van der Waals surface area contributed by atoms with Gasteiger partial charge in [-0.25, -0.2) is 4.79 Å². The van der Waals surface area contributed by atoms with Gasteiger partial charge in [-0.05, 0) is 53.9 Å². The molecule has 1 aliphatic heterocycles. The summed E-state index contributed by atoms with van der Waals surface area (Å²) in [4.78, 5) is 34.9. The first-order valence-electron chi connectivity index (χ1n) is 13.3. The van der Waals surface area contributed by atoms with E-state index in [0.717, 1.165) is 21.6 Å². The third-order valence-corrected chi connectivity index (χ3v) is 8.00. The number of benzene rings is 3. The van der Waals surface area contributed by atoms with Crippen LogP contribution >= 0.6 is 11.8 Å². The van der Waals surface area contributed by atoms with Crippen molar-refractivity contribution in [1.82, 2.24) is 0 Å². The van der Waals surface area contributed by atoms with E-state index >= 15 is 0 Å². The van der Waals surface area contributed by atoms with E-state index in [1.807, 2.05) is 36.4 Å². The van der Waals surface area contributed by atoms with Crippen LogP contribution in [-0.4, -0.2) is 45.0 Å². The number of carbonyl (C=O) groups excluding carboxylic acids is 1. The molecule has 0 spiro atoms. The standard InChI is InChI=1S/C31H33NO8S/c1-19-26(18-41-25-15-11-22(12-16-25)30(37)38)39-31(40-29(19)21-7-5-20(17-33)6-8-21)23-9-13-24(14-10-23)32-27(34)3-2-4-28(35)36/h5-16,19,26,29,31,33H,2-4,17-18H2,1H3,(H,32,34)(H,35,36)(H,37,38). The van der Waals surface area contributed by atoms with E-state index in [1.54, 1.807) is 48.2 Å². The van der Waals surface area contributed by atoms with Crippen molar-refractivity contribution in [3.05, 3.63) is 95.1 Å². The minimum atomic E-state index is -0.968. The summed E-state index contributed by atoms with van der Waals surface area (Å²) in [6.45, 7) is 2.03. The number of hydrogen-bond donors (Lipinski definition) is 4. The number of thioether (sulfide) groups is 1. The number of rotatable bonds is 12. The van der Waals surface area contributed by atoms with E-state index in [4.69, 9.17) is 19.7 Å². The maximum absolute atomic E-state index is 12.1. The number of aliphatic carboxylic acids is 1. The van der Waals surface area contributed by atoms with Gasteiger partial charge in [0.2, 0.25) is 5.91 Å². The molecule has 0 aromatic heterocycles. The number of anilines is 1. The van der Waals surface area contributed by atoms with Gasteiger partial charge >= 0.3 is 11.9 Å². The predicted octanol–water partition coefficient (Wildman–Crippen LogP) is 5.65. The minimum Gasteiger partial charge on any atom is -0.481 e. The van der Waals surface area contributed by atoms with Crippen LogP contribution in [0.3, 0.4) is 0 Å². The van der Waals surface area contributed by atoms with E-state index in [9.17, 15) is 19.5 Å². The number of hydrogen-bond acceptors (Lipinski definition) is 7. The Bertz CT molecular complexity index is 1330. The summed E-state index contributed by atoms with van der Waals surface area (Å²) in [5.41, 5.74) is 3.37. The fraction of sp³-hybridized carbons (Fsp3) is 0.323. The Hall–Kier alpha value is -3.70. The molecule has 3 aromatic carbocycles. The second-order valence-electron chi connectivity index (χ2n) is 9.88. The molecule has 1 fully saturated rings. The van der Waals surface area contributed by atoms with Gasteiger partial charge in [0.05, 0.1) is 24.4 Å². The van der Waals surface area contributed by atoms with Gasteiger partial charge in [0.1, 0.15) is 0 Å². The third kappa shape index (κ3) is 8.40. The molecule has 41 heavy (non-hydrogen) atoms. The Labute approximate surface area is 242 Å². The van der Waals surface area contributed by atoms with Gasteiger partial charge in [0, 0.05) is 40.7 Å². The van der Waals surface area contributed by atoms with Crippen molar-refractivity contribution < 1.29 is 39.2 Å². The maximum Gasteiger partial charge on any atom is 0.335 e. The summed E-state index contributed by atoms with van der Waals surface area (Å²) < 4.78 is 12.9. The van der Waals surface area contributed by atoms with Gasteiger partial charge in [-0.2, -0.15) is 0 Å². The molecule has 10 heteroatoms. The monoisotopic (exact) mass is 579 g/mol. The SMILES string of the molecule is CC1C(CSc2ccc(C(=O)O)cc2)OC(c2ccc(NC(=O)CCCC(=O)O)cc2)OC1c1ccc(CO)cc1.